The minimum absolute atomic E-state index is 0.0192. The van der Waals surface area contributed by atoms with Gasteiger partial charge in [0, 0.05) is 5.54 Å². The van der Waals surface area contributed by atoms with Gasteiger partial charge in [-0.1, -0.05) is 6.92 Å². The highest BCUT2D eigenvalue weighted by atomic mass is 14.7. The molecule has 2 N–H and O–H groups in total. The Morgan fingerprint density at radius 2 is 1.50 bits per heavy atom. The van der Waals surface area contributed by atoms with Gasteiger partial charge in [-0.3, -0.25) is 0 Å². The summed E-state index contributed by atoms with van der Waals surface area (Å²) in [6.45, 7) is 6.79. The number of rotatable bonds is 4. The zero-order chi connectivity index (χ0) is 12.9. The highest BCUT2D eigenvalue weighted by Crippen LogP contribution is 2.58. The van der Waals surface area contributed by atoms with E-state index in [2.05, 4.69) is 20.8 Å². The Kier molecular flexibility index (Phi) is 3.25. The lowest BCUT2D eigenvalue weighted by Gasteiger charge is -2.55. The van der Waals surface area contributed by atoms with Gasteiger partial charge in [0.2, 0.25) is 0 Å². The lowest BCUT2D eigenvalue weighted by Crippen LogP contribution is -2.46. The molecule has 4 aliphatic carbocycles. The predicted molar refractivity (Wildman–Crippen MR) is 77.2 cm³/mol. The van der Waals surface area contributed by atoms with Crippen molar-refractivity contribution >= 4 is 0 Å². The first-order valence-electron chi connectivity index (χ1n) is 8.19. The van der Waals surface area contributed by atoms with Gasteiger partial charge >= 0.3 is 0 Å². The first-order chi connectivity index (χ1) is 8.40. The molecule has 1 atom stereocenters. The Hall–Kier alpha value is -0.0400. The van der Waals surface area contributed by atoms with Crippen LogP contribution in [0.1, 0.15) is 65.7 Å². The molecule has 0 heterocycles. The molecule has 0 aliphatic heterocycles. The molecule has 4 rings (SSSR count). The van der Waals surface area contributed by atoms with Gasteiger partial charge in [-0.25, -0.2) is 0 Å². The van der Waals surface area contributed by atoms with Gasteiger partial charge in [0.15, 0.2) is 0 Å². The van der Waals surface area contributed by atoms with Gasteiger partial charge in [0.25, 0.3) is 0 Å². The average Bonchev–Trinajstić information content (AvgIpc) is 2.19. The van der Waals surface area contributed by atoms with E-state index in [1.807, 2.05) is 0 Å². The topological polar surface area (TPSA) is 26.0 Å². The normalized spacial score (nSPS) is 44.3. The third-order valence-electron chi connectivity index (χ3n) is 5.97. The minimum atomic E-state index is 0.0192. The third-order valence-corrected chi connectivity index (χ3v) is 5.97. The van der Waals surface area contributed by atoms with Crippen molar-refractivity contribution in [3.63, 3.8) is 0 Å². The standard InChI is InChI=1S/C17H31N/c1-11(10-17(2,3)18)4-16-14-6-12-5-13(8-14)9-15(16)7-12/h11-16H,4-10,18H2,1-3H3. The molecule has 0 spiro atoms. The molecular formula is C17H31N. The van der Waals surface area contributed by atoms with Crippen LogP contribution in [0.25, 0.3) is 0 Å². The Morgan fingerprint density at radius 3 is 1.94 bits per heavy atom. The van der Waals surface area contributed by atoms with Crippen LogP contribution < -0.4 is 5.73 Å². The molecular weight excluding hydrogens is 218 g/mol. The van der Waals surface area contributed by atoms with Crippen molar-refractivity contribution in [1.29, 1.82) is 0 Å². The minimum Gasteiger partial charge on any atom is -0.326 e. The monoisotopic (exact) mass is 249 g/mol. The molecule has 1 nitrogen and oxygen atoms in total. The first-order valence-corrected chi connectivity index (χ1v) is 8.19. The van der Waals surface area contributed by atoms with Crippen molar-refractivity contribution in [2.75, 3.05) is 0 Å². The zero-order valence-corrected chi connectivity index (χ0v) is 12.5. The van der Waals surface area contributed by atoms with Gasteiger partial charge < -0.3 is 5.73 Å². The molecule has 104 valence electrons. The summed E-state index contributed by atoms with van der Waals surface area (Å²) in [6, 6.07) is 0. The molecule has 4 bridgehead atoms. The van der Waals surface area contributed by atoms with Crippen LogP contribution in [0.15, 0.2) is 0 Å². The maximum absolute atomic E-state index is 6.19. The smallest absolute Gasteiger partial charge is 0.00995 e. The summed E-state index contributed by atoms with van der Waals surface area (Å²) < 4.78 is 0. The Bertz CT molecular complexity index is 273. The van der Waals surface area contributed by atoms with E-state index in [9.17, 15) is 0 Å². The zero-order valence-electron chi connectivity index (χ0n) is 12.5. The van der Waals surface area contributed by atoms with Gasteiger partial charge in [-0.2, -0.15) is 0 Å². The van der Waals surface area contributed by atoms with Crippen LogP contribution >= 0.6 is 0 Å². The fraction of sp³-hybridized carbons (Fsp3) is 1.00. The summed E-state index contributed by atoms with van der Waals surface area (Å²) >= 11 is 0. The Labute approximate surface area is 113 Å². The van der Waals surface area contributed by atoms with Crippen LogP contribution in [0.5, 0.6) is 0 Å². The lowest BCUT2D eigenvalue weighted by molar-refractivity contribution is -0.0459. The van der Waals surface area contributed by atoms with Crippen molar-refractivity contribution in [2.45, 2.75) is 71.3 Å². The van der Waals surface area contributed by atoms with E-state index < -0.39 is 0 Å². The molecule has 0 saturated heterocycles. The van der Waals surface area contributed by atoms with Crippen molar-refractivity contribution in [2.24, 2.45) is 41.2 Å². The van der Waals surface area contributed by atoms with Crippen LogP contribution in [-0.4, -0.2) is 5.54 Å². The second-order valence-corrected chi connectivity index (χ2v) is 8.63. The molecule has 0 aromatic rings. The SMILES string of the molecule is CC(CC1C2CC3CC(C2)CC1C3)CC(C)(C)N. The van der Waals surface area contributed by atoms with Crippen LogP contribution in [0.2, 0.25) is 0 Å². The lowest BCUT2D eigenvalue weighted by atomic mass is 9.50. The van der Waals surface area contributed by atoms with E-state index in [1.54, 1.807) is 32.1 Å². The van der Waals surface area contributed by atoms with Crippen molar-refractivity contribution in [3.05, 3.63) is 0 Å². The summed E-state index contributed by atoms with van der Waals surface area (Å²) in [5.74, 6) is 6.27. The molecule has 4 fully saturated rings. The van der Waals surface area contributed by atoms with Gasteiger partial charge in [0.05, 0.1) is 0 Å². The molecule has 4 aliphatic rings. The van der Waals surface area contributed by atoms with E-state index in [0.29, 0.717) is 0 Å². The summed E-state index contributed by atoms with van der Waals surface area (Å²) in [5.41, 5.74) is 6.21. The molecule has 0 radical (unpaired) electrons. The van der Waals surface area contributed by atoms with E-state index in [1.165, 1.54) is 12.8 Å². The molecule has 18 heavy (non-hydrogen) atoms. The predicted octanol–water partition coefficient (Wildman–Crippen LogP) is 4.21. The summed E-state index contributed by atoms with van der Waals surface area (Å²) in [6.07, 6.45) is 10.5. The molecule has 0 amide bonds. The van der Waals surface area contributed by atoms with E-state index >= 15 is 0 Å². The van der Waals surface area contributed by atoms with Crippen molar-refractivity contribution in [1.82, 2.24) is 0 Å². The summed E-state index contributed by atoms with van der Waals surface area (Å²) in [4.78, 5) is 0. The van der Waals surface area contributed by atoms with Crippen molar-refractivity contribution < 1.29 is 0 Å². The van der Waals surface area contributed by atoms with Crippen LogP contribution in [0.3, 0.4) is 0 Å². The Morgan fingerprint density at radius 1 is 1.00 bits per heavy atom. The van der Waals surface area contributed by atoms with Gasteiger partial charge in [-0.15, -0.1) is 0 Å². The van der Waals surface area contributed by atoms with Crippen LogP contribution in [-0.2, 0) is 0 Å². The summed E-state index contributed by atoms with van der Waals surface area (Å²) in [5, 5.41) is 0. The summed E-state index contributed by atoms with van der Waals surface area (Å²) in [7, 11) is 0. The van der Waals surface area contributed by atoms with Gasteiger partial charge in [-0.05, 0) is 94.3 Å². The second kappa shape index (κ2) is 4.51. The third kappa shape index (κ3) is 2.61. The quantitative estimate of drug-likeness (QED) is 0.793. The average molecular weight is 249 g/mol. The van der Waals surface area contributed by atoms with Crippen molar-refractivity contribution in [3.8, 4) is 0 Å². The van der Waals surface area contributed by atoms with E-state index in [4.69, 9.17) is 5.73 Å². The maximum atomic E-state index is 6.19. The molecule has 1 unspecified atom stereocenters. The molecule has 0 aromatic carbocycles. The molecule has 4 saturated carbocycles. The second-order valence-electron chi connectivity index (χ2n) is 8.63. The highest BCUT2D eigenvalue weighted by Gasteiger charge is 2.48. The number of hydrogen-bond acceptors (Lipinski definition) is 1. The molecule has 0 aromatic heterocycles. The van der Waals surface area contributed by atoms with E-state index in [-0.39, 0.29) is 5.54 Å². The van der Waals surface area contributed by atoms with E-state index in [0.717, 1.165) is 35.5 Å². The van der Waals surface area contributed by atoms with Crippen LogP contribution in [0, 0.1) is 35.5 Å². The Balaban J connectivity index is 1.60. The van der Waals surface area contributed by atoms with Gasteiger partial charge in [0.1, 0.15) is 0 Å². The highest BCUT2D eigenvalue weighted by molar-refractivity contribution is 4.98. The fourth-order valence-electron chi connectivity index (χ4n) is 5.87. The number of nitrogens with two attached hydrogens (primary N) is 1. The largest absolute Gasteiger partial charge is 0.326 e. The maximum Gasteiger partial charge on any atom is 0.00995 e. The van der Waals surface area contributed by atoms with Crippen LogP contribution in [0.4, 0.5) is 0 Å². The molecule has 1 heteroatoms. The number of hydrogen-bond donors (Lipinski definition) is 1. The fourth-order valence-corrected chi connectivity index (χ4v) is 5.87. The first kappa shape index (κ1) is 13.0.